The Morgan fingerprint density at radius 1 is 1.13 bits per heavy atom. The maximum atomic E-state index is 12.1. The van der Waals surface area contributed by atoms with Gasteiger partial charge in [-0.05, 0) is 62.7 Å². The predicted octanol–water partition coefficient (Wildman–Crippen LogP) is 4.76. The molecule has 0 aliphatic heterocycles. The number of anilines is 1. The summed E-state index contributed by atoms with van der Waals surface area (Å²) in [5.41, 5.74) is 5.07. The summed E-state index contributed by atoms with van der Waals surface area (Å²) in [4.78, 5) is 24.1. The SMILES string of the molecule is Cc1cc(Br)ccc1NC(=O)COC(=O)/C=C/c1c(C)nn(-c2ccccc2)c1C. The van der Waals surface area contributed by atoms with Gasteiger partial charge in [-0.25, -0.2) is 9.48 Å². The lowest BCUT2D eigenvalue weighted by atomic mass is 10.2. The van der Waals surface area contributed by atoms with E-state index in [9.17, 15) is 9.59 Å². The van der Waals surface area contributed by atoms with Crippen LogP contribution in [0.1, 0.15) is 22.5 Å². The van der Waals surface area contributed by atoms with E-state index in [1.807, 2.05) is 67.9 Å². The number of esters is 1. The summed E-state index contributed by atoms with van der Waals surface area (Å²) in [5.74, 6) is -0.990. The number of carbonyl (C=O) groups is 2. The van der Waals surface area contributed by atoms with Crippen molar-refractivity contribution < 1.29 is 14.3 Å². The number of amides is 1. The van der Waals surface area contributed by atoms with Crippen LogP contribution in [0.2, 0.25) is 0 Å². The van der Waals surface area contributed by atoms with Crippen LogP contribution in [0.15, 0.2) is 59.1 Å². The maximum Gasteiger partial charge on any atom is 0.331 e. The van der Waals surface area contributed by atoms with E-state index in [4.69, 9.17) is 4.74 Å². The van der Waals surface area contributed by atoms with Crippen molar-refractivity contribution in [3.63, 3.8) is 0 Å². The van der Waals surface area contributed by atoms with Crippen molar-refractivity contribution in [1.82, 2.24) is 9.78 Å². The number of aryl methyl sites for hydroxylation is 2. The van der Waals surface area contributed by atoms with E-state index in [1.165, 1.54) is 6.08 Å². The van der Waals surface area contributed by atoms with Crippen molar-refractivity contribution in [3.8, 4) is 5.69 Å². The van der Waals surface area contributed by atoms with Gasteiger partial charge < -0.3 is 10.1 Å². The highest BCUT2D eigenvalue weighted by atomic mass is 79.9. The zero-order chi connectivity index (χ0) is 21.7. The summed E-state index contributed by atoms with van der Waals surface area (Å²) in [5, 5.41) is 7.27. The second kappa shape index (κ2) is 9.54. The Bertz CT molecular complexity index is 1100. The quantitative estimate of drug-likeness (QED) is 0.419. The lowest BCUT2D eigenvalue weighted by Gasteiger charge is -2.08. The second-order valence-corrected chi connectivity index (χ2v) is 7.70. The van der Waals surface area contributed by atoms with Crippen molar-refractivity contribution >= 4 is 39.6 Å². The number of halogens is 1. The van der Waals surface area contributed by atoms with Crippen molar-refractivity contribution in [2.24, 2.45) is 0 Å². The molecule has 1 heterocycles. The molecule has 7 heteroatoms. The van der Waals surface area contributed by atoms with Crippen LogP contribution < -0.4 is 5.32 Å². The highest BCUT2D eigenvalue weighted by Crippen LogP contribution is 2.20. The summed E-state index contributed by atoms with van der Waals surface area (Å²) in [7, 11) is 0. The molecule has 6 nitrogen and oxygen atoms in total. The van der Waals surface area contributed by atoms with E-state index in [2.05, 4.69) is 26.3 Å². The minimum atomic E-state index is -0.594. The van der Waals surface area contributed by atoms with Gasteiger partial charge in [-0.2, -0.15) is 5.10 Å². The van der Waals surface area contributed by atoms with Crippen molar-refractivity contribution in [3.05, 3.63) is 81.6 Å². The molecule has 0 aliphatic rings. The highest BCUT2D eigenvalue weighted by Gasteiger charge is 2.12. The summed E-state index contributed by atoms with van der Waals surface area (Å²) in [6.07, 6.45) is 2.97. The molecule has 0 unspecified atom stereocenters. The average molecular weight is 468 g/mol. The lowest BCUT2D eigenvalue weighted by molar-refractivity contribution is -0.142. The number of hydrogen-bond donors (Lipinski definition) is 1. The van der Waals surface area contributed by atoms with E-state index in [0.717, 1.165) is 32.7 Å². The van der Waals surface area contributed by atoms with Gasteiger partial charge in [0.2, 0.25) is 0 Å². The molecular weight excluding hydrogens is 446 g/mol. The Balaban J connectivity index is 1.60. The van der Waals surface area contributed by atoms with E-state index in [0.29, 0.717) is 5.69 Å². The first-order valence-corrected chi connectivity index (χ1v) is 10.2. The first-order valence-electron chi connectivity index (χ1n) is 9.37. The van der Waals surface area contributed by atoms with Gasteiger partial charge in [-0.3, -0.25) is 4.79 Å². The van der Waals surface area contributed by atoms with Gasteiger partial charge in [0.15, 0.2) is 6.61 Å². The summed E-state index contributed by atoms with van der Waals surface area (Å²) >= 11 is 3.38. The van der Waals surface area contributed by atoms with Gasteiger partial charge in [0.05, 0.1) is 11.4 Å². The van der Waals surface area contributed by atoms with Gasteiger partial charge in [0.1, 0.15) is 0 Å². The highest BCUT2D eigenvalue weighted by molar-refractivity contribution is 9.10. The summed E-state index contributed by atoms with van der Waals surface area (Å²) in [6, 6.07) is 15.3. The molecule has 0 saturated heterocycles. The first kappa shape index (κ1) is 21.5. The number of rotatable bonds is 6. The Morgan fingerprint density at radius 2 is 1.87 bits per heavy atom. The monoisotopic (exact) mass is 467 g/mol. The molecule has 0 aliphatic carbocycles. The fourth-order valence-corrected chi connectivity index (χ4v) is 3.48. The first-order chi connectivity index (χ1) is 14.3. The Kier molecular flexibility index (Phi) is 6.84. The van der Waals surface area contributed by atoms with Crippen molar-refractivity contribution in [1.29, 1.82) is 0 Å². The second-order valence-electron chi connectivity index (χ2n) is 6.78. The van der Waals surface area contributed by atoms with Gasteiger partial charge in [-0.1, -0.05) is 34.1 Å². The van der Waals surface area contributed by atoms with Gasteiger partial charge in [0, 0.05) is 27.5 Å². The number of aromatic nitrogens is 2. The van der Waals surface area contributed by atoms with E-state index >= 15 is 0 Å². The molecule has 2 aromatic carbocycles. The molecule has 0 radical (unpaired) electrons. The molecule has 154 valence electrons. The number of para-hydroxylation sites is 1. The molecule has 1 amide bonds. The van der Waals surface area contributed by atoms with E-state index < -0.39 is 11.9 Å². The van der Waals surface area contributed by atoms with Gasteiger partial charge in [-0.15, -0.1) is 0 Å². The number of ether oxygens (including phenoxy) is 1. The standard InChI is InChI=1S/C23H22BrN3O3/c1-15-13-18(24)9-11-21(15)25-22(28)14-30-23(29)12-10-20-16(2)26-27(17(20)3)19-7-5-4-6-8-19/h4-13H,14H2,1-3H3,(H,25,28)/b12-10+. The Morgan fingerprint density at radius 3 is 2.57 bits per heavy atom. The fraction of sp³-hybridized carbons (Fsp3) is 0.174. The molecular formula is C23H22BrN3O3. The molecule has 1 aromatic heterocycles. The van der Waals surface area contributed by atoms with Crippen molar-refractivity contribution in [2.75, 3.05) is 11.9 Å². The van der Waals surface area contributed by atoms with Crippen LogP contribution in [0.25, 0.3) is 11.8 Å². The van der Waals surface area contributed by atoms with E-state index in [-0.39, 0.29) is 6.61 Å². The van der Waals surface area contributed by atoms with Crippen LogP contribution >= 0.6 is 15.9 Å². The number of nitrogens with one attached hydrogen (secondary N) is 1. The van der Waals surface area contributed by atoms with Gasteiger partial charge >= 0.3 is 5.97 Å². The molecule has 0 fully saturated rings. The van der Waals surface area contributed by atoms with Crippen LogP contribution in [0.3, 0.4) is 0 Å². The summed E-state index contributed by atoms with van der Waals surface area (Å²) < 4.78 is 7.81. The van der Waals surface area contributed by atoms with Crippen LogP contribution in [-0.2, 0) is 14.3 Å². The fourth-order valence-electron chi connectivity index (χ4n) is 3.01. The number of benzene rings is 2. The largest absolute Gasteiger partial charge is 0.452 e. The molecule has 0 atom stereocenters. The molecule has 0 saturated carbocycles. The number of nitrogens with zero attached hydrogens (tertiary/aromatic N) is 2. The number of hydrogen-bond acceptors (Lipinski definition) is 4. The molecule has 1 N–H and O–H groups in total. The molecule has 0 spiro atoms. The maximum absolute atomic E-state index is 12.1. The molecule has 3 aromatic rings. The minimum absolute atomic E-state index is 0.361. The minimum Gasteiger partial charge on any atom is -0.452 e. The third kappa shape index (κ3) is 5.24. The van der Waals surface area contributed by atoms with E-state index in [1.54, 1.807) is 12.1 Å². The third-order valence-electron chi connectivity index (χ3n) is 4.54. The predicted molar refractivity (Wildman–Crippen MR) is 121 cm³/mol. The molecule has 3 rings (SSSR count). The number of carbonyl (C=O) groups excluding carboxylic acids is 2. The van der Waals surface area contributed by atoms with Crippen LogP contribution in [-0.4, -0.2) is 28.3 Å². The smallest absolute Gasteiger partial charge is 0.331 e. The molecule has 0 bridgehead atoms. The lowest BCUT2D eigenvalue weighted by Crippen LogP contribution is -2.20. The third-order valence-corrected chi connectivity index (χ3v) is 5.04. The van der Waals surface area contributed by atoms with Crippen molar-refractivity contribution in [2.45, 2.75) is 20.8 Å². The average Bonchev–Trinajstić information content (AvgIpc) is 3.01. The van der Waals surface area contributed by atoms with Crippen LogP contribution in [0.5, 0.6) is 0 Å². The summed E-state index contributed by atoms with van der Waals surface area (Å²) in [6.45, 7) is 5.34. The van der Waals surface area contributed by atoms with Gasteiger partial charge in [0.25, 0.3) is 5.91 Å². The Hall–Kier alpha value is -3.19. The van der Waals surface area contributed by atoms with Crippen LogP contribution in [0, 0.1) is 20.8 Å². The normalized spacial score (nSPS) is 10.9. The zero-order valence-corrected chi connectivity index (χ0v) is 18.6. The van der Waals surface area contributed by atoms with Crippen LogP contribution in [0.4, 0.5) is 5.69 Å². The topological polar surface area (TPSA) is 73.2 Å². The molecule has 30 heavy (non-hydrogen) atoms. The Labute approximate surface area is 183 Å². The zero-order valence-electron chi connectivity index (χ0n) is 17.0.